The van der Waals surface area contributed by atoms with E-state index in [1.54, 1.807) is 24.5 Å². The first-order valence-corrected chi connectivity index (χ1v) is 7.69. The Morgan fingerprint density at radius 1 is 0.833 bits per heavy atom. The second-order valence-electron chi connectivity index (χ2n) is 5.55. The van der Waals surface area contributed by atoms with Crippen LogP contribution in [-0.2, 0) is 5.60 Å². The van der Waals surface area contributed by atoms with Crippen molar-refractivity contribution in [1.82, 2.24) is 4.98 Å². The fourth-order valence-corrected chi connectivity index (χ4v) is 2.78. The third kappa shape index (κ3) is 3.19. The molecular formula is C20H18N2O2. The molecule has 0 saturated carbocycles. The molecule has 0 aliphatic heterocycles. The summed E-state index contributed by atoms with van der Waals surface area (Å²) in [5.41, 5.74) is 1.30. The molecule has 120 valence electrons. The Hall–Kier alpha value is -2.98. The maximum absolute atomic E-state index is 11.5. The SMILES string of the molecule is ON=C(CC(O)(c1ccccc1)c1ccccc1)c1ccncc1. The average Bonchev–Trinajstić information content (AvgIpc) is 2.68. The monoisotopic (exact) mass is 318 g/mol. The van der Waals surface area contributed by atoms with Crippen molar-refractivity contribution in [2.75, 3.05) is 0 Å². The van der Waals surface area contributed by atoms with Crippen molar-refractivity contribution >= 4 is 5.71 Å². The van der Waals surface area contributed by atoms with Gasteiger partial charge in [-0.1, -0.05) is 65.8 Å². The first-order valence-electron chi connectivity index (χ1n) is 7.69. The molecule has 0 spiro atoms. The van der Waals surface area contributed by atoms with Gasteiger partial charge in [0, 0.05) is 24.4 Å². The standard InChI is InChI=1S/C20H18N2O2/c23-20(17-7-3-1-4-8-17,18-9-5-2-6-10-18)15-19(22-24)16-11-13-21-14-12-16/h1-14,23-24H,15H2. The topological polar surface area (TPSA) is 65.7 Å². The summed E-state index contributed by atoms with van der Waals surface area (Å²) in [6, 6.07) is 22.3. The van der Waals surface area contributed by atoms with Crippen molar-refractivity contribution in [1.29, 1.82) is 0 Å². The van der Waals surface area contributed by atoms with Gasteiger partial charge < -0.3 is 10.3 Å². The lowest BCUT2D eigenvalue weighted by Gasteiger charge is -2.29. The number of rotatable bonds is 5. The summed E-state index contributed by atoms with van der Waals surface area (Å²) >= 11 is 0. The van der Waals surface area contributed by atoms with E-state index in [4.69, 9.17) is 0 Å². The van der Waals surface area contributed by atoms with Crippen LogP contribution in [-0.4, -0.2) is 21.0 Å². The number of aromatic nitrogens is 1. The summed E-state index contributed by atoms with van der Waals surface area (Å²) in [5.74, 6) is 0. The molecule has 0 aliphatic carbocycles. The van der Waals surface area contributed by atoms with E-state index in [1.165, 1.54) is 0 Å². The van der Waals surface area contributed by atoms with Gasteiger partial charge in [-0.15, -0.1) is 0 Å². The van der Waals surface area contributed by atoms with Crippen LogP contribution in [0.1, 0.15) is 23.1 Å². The molecule has 3 aromatic rings. The number of aliphatic hydroxyl groups is 1. The number of oxime groups is 1. The first-order chi connectivity index (χ1) is 11.7. The minimum atomic E-state index is -1.30. The van der Waals surface area contributed by atoms with Crippen molar-refractivity contribution in [2.45, 2.75) is 12.0 Å². The van der Waals surface area contributed by atoms with Gasteiger partial charge >= 0.3 is 0 Å². The molecule has 4 nitrogen and oxygen atoms in total. The smallest absolute Gasteiger partial charge is 0.120 e. The molecule has 4 heteroatoms. The summed E-state index contributed by atoms with van der Waals surface area (Å²) in [7, 11) is 0. The van der Waals surface area contributed by atoms with Crippen molar-refractivity contribution in [2.24, 2.45) is 5.16 Å². The third-order valence-corrected chi connectivity index (χ3v) is 4.06. The third-order valence-electron chi connectivity index (χ3n) is 4.06. The maximum Gasteiger partial charge on any atom is 0.120 e. The number of pyridine rings is 1. The van der Waals surface area contributed by atoms with Crippen molar-refractivity contribution in [3.63, 3.8) is 0 Å². The van der Waals surface area contributed by atoms with Crippen LogP contribution in [0.15, 0.2) is 90.3 Å². The zero-order valence-electron chi connectivity index (χ0n) is 13.1. The van der Waals surface area contributed by atoms with Crippen LogP contribution in [0.5, 0.6) is 0 Å². The zero-order valence-corrected chi connectivity index (χ0v) is 13.1. The molecule has 0 atom stereocenters. The number of nitrogens with zero attached hydrogens (tertiary/aromatic N) is 2. The quantitative estimate of drug-likeness (QED) is 0.429. The van der Waals surface area contributed by atoms with Crippen LogP contribution in [0.25, 0.3) is 0 Å². The molecule has 2 aromatic carbocycles. The van der Waals surface area contributed by atoms with Crippen LogP contribution in [0.4, 0.5) is 0 Å². The van der Waals surface area contributed by atoms with Crippen LogP contribution in [0.3, 0.4) is 0 Å². The van der Waals surface area contributed by atoms with Gasteiger partial charge in [0.1, 0.15) is 5.60 Å². The highest BCUT2D eigenvalue weighted by atomic mass is 16.4. The Bertz CT molecular complexity index is 763. The molecule has 2 N–H and O–H groups in total. The summed E-state index contributed by atoms with van der Waals surface area (Å²) in [4.78, 5) is 3.98. The molecule has 24 heavy (non-hydrogen) atoms. The second kappa shape index (κ2) is 7.06. The van der Waals surface area contributed by atoms with Crippen LogP contribution < -0.4 is 0 Å². The Labute approximate surface area is 140 Å². The predicted molar refractivity (Wildman–Crippen MR) is 93.1 cm³/mol. The van der Waals surface area contributed by atoms with Crippen molar-refractivity contribution < 1.29 is 10.3 Å². The molecule has 0 fully saturated rings. The highest BCUT2D eigenvalue weighted by Crippen LogP contribution is 2.34. The molecule has 1 heterocycles. The molecule has 0 aliphatic rings. The average molecular weight is 318 g/mol. The molecule has 0 unspecified atom stereocenters. The molecule has 0 bridgehead atoms. The summed E-state index contributed by atoms with van der Waals surface area (Å²) in [6.07, 6.45) is 3.40. The van der Waals surface area contributed by atoms with Gasteiger partial charge in [-0.3, -0.25) is 4.98 Å². The van der Waals surface area contributed by atoms with Gasteiger partial charge in [-0.05, 0) is 23.3 Å². The van der Waals surface area contributed by atoms with Gasteiger partial charge in [-0.2, -0.15) is 0 Å². The Morgan fingerprint density at radius 3 is 1.79 bits per heavy atom. The summed E-state index contributed by atoms with van der Waals surface area (Å²) in [5, 5.41) is 24.4. The van der Waals surface area contributed by atoms with Crippen LogP contribution in [0, 0.1) is 0 Å². The van der Waals surface area contributed by atoms with E-state index in [0.717, 1.165) is 16.7 Å². The lowest BCUT2D eigenvalue weighted by Crippen LogP contribution is -2.31. The summed E-state index contributed by atoms with van der Waals surface area (Å²) < 4.78 is 0. The van der Waals surface area contributed by atoms with E-state index in [-0.39, 0.29) is 6.42 Å². The van der Waals surface area contributed by atoms with Crippen molar-refractivity contribution in [3.05, 3.63) is 102 Å². The van der Waals surface area contributed by atoms with Gasteiger partial charge in [0.25, 0.3) is 0 Å². The second-order valence-corrected chi connectivity index (χ2v) is 5.55. The first kappa shape index (κ1) is 15.9. The molecule has 0 radical (unpaired) electrons. The van der Waals surface area contributed by atoms with E-state index in [1.807, 2.05) is 60.7 Å². The van der Waals surface area contributed by atoms with E-state index >= 15 is 0 Å². The number of hydrogen-bond donors (Lipinski definition) is 2. The lowest BCUT2D eigenvalue weighted by atomic mass is 9.81. The molecule has 1 aromatic heterocycles. The molecular weight excluding hydrogens is 300 g/mol. The Balaban J connectivity index is 2.06. The number of benzene rings is 2. The van der Waals surface area contributed by atoms with Crippen molar-refractivity contribution in [3.8, 4) is 0 Å². The van der Waals surface area contributed by atoms with E-state index in [0.29, 0.717) is 5.71 Å². The number of hydrogen-bond acceptors (Lipinski definition) is 4. The van der Waals surface area contributed by atoms with Gasteiger partial charge in [-0.25, -0.2) is 0 Å². The fraction of sp³-hybridized carbons (Fsp3) is 0.100. The highest BCUT2D eigenvalue weighted by molar-refractivity contribution is 6.01. The fourth-order valence-electron chi connectivity index (χ4n) is 2.78. The van der Waals surface area contributed by atoms with Gasteiger partial charge in [0.2, 0.25) is 0 Å². The minimum absolute atomic E-state index is 0.140. The van der Waals surface area contributed by atoms with Gasteiger partial charge in [0.15, 0.2) is 0 Å². The zero-order chi connectivity index (χ0) is 16.8. The lowest BCUT2D eigenvalue weighted by molar-refractivity contribution is 0.0881. The van der Waals surface area contributed by atoms with E-state index in [2.05, 4.69) is 10.1 Å². The maximum atomic E-state index is 11.5. The Kier molecular flexibility index (Phi) is 4.68. The predicted octanol–water partition coefficient (Wildman–Crippen LogP) is 3.59. The van der Waals surface area contributed by atoms with Crippen LogP contribution in [0.2, 0.25) is 0 Å². The Morgan fingerprint density at radius 2 is 1.33 bits per heavy atom. The molecule has 3 rings (SSSR count). The van der Waals surface area contributed by atoms with E-state index < -0.39 is 5.60 Å². The van der Waals surface area contributed by atoms with Crippen LogP contribution >= 0.6 is 0 Å². The van der Waals surface area contributed by atoms with Gasteiger partial charge in [0.05, 0.1) is 5.71 Å². The molecule has 0 amide bonds. The highest BCUT2D eigenvalue weighted by Gasteiger charge is 2.33. The summed E-state index contributed by atoms with van der Waals surface area (Å²) in [6.45, 7) is 0. The minimum Gasteiger partial charge on any atom is -0.411 e. The van der Waals surface area contributed by atoms with E-state index in [9.17, 15) is 10.3 Å². The normalized spacial score (nSPS) is 12.1. The largest absolute Gasteiger partial charge is 0.411 e. The molecule has 0 saturated heterocycles.